The number of hydrogen-bond donors (Lipinski definition) is 2. The lowest BCUT2D eigenvalue weighted by atomic mass is 9.62. The van der Waals surface area contributed by atoms with Crippen LogP contribution in [0, 0.1) is 10.8 Å². The fourth-order valence-corrected chi connectivity index (χ4v) is 5.84. The average Bonchev–Trinajstić information content (AvgIpc) is 2.78. The van der Waals surface area contributed by atoms with Crippen LogP contribution in [0.3, 0.4) is 0 Å². The molecule has 3 aromatic rings. The molecule has 0 aliphatic heterocycles. The van der Waals surface area contributed by atoms with Gasteiger partial charge < -0.3 is 10.2 Å². The number of allylic oxidation sites excluding steroid dienone is 1. The predicted octanol–water partition coefficient (Wildman–Crippen LogP) is 8.20. The zero-order valence-corrected chi connectivity index (χ0v) is 21.0. The first-order chi connectivity index (χ1) is 16.5. The highest BCUT2D eigenvalue weighted by molar-refractivity contribution is 5.86. The number of benzene rings is 3. The smallest absolute Gasteiger partial charge is 0.328 e. The molecule has 0 spiro atoms. The lowest BCUT2D eigenvalue weighted by molar-refractivity contribution is -0.131. The van der Waals surface area contributed by atoms with E-state index in [0.29, 0.717) is 0 Å². The van der Waals surface area contributed by atoms with Gasteiger partial charge in [-0.2, -0.15) is 0 Å². The van der Waals surface area contributed by atoms with Crippen molar-refractivity contribution in [3.05, 3.63) is 101 Å². The Hall–Kier alpha value is -3.59. The maximum atomic E-state index is 10.9. The van der Waals surface area contributed by atoms with Crippen LogP contribution in [0.25, 0.3) is 22.8 Å². The monoisotopic (exact) mass is 466 g/mol. The molecule has 1 aliphatic carbocycles. The topological polar surface area (TPSA) is 57.5 Å². The lowest BCUT2D eigenvalue weighted by Crippen LogP contribution is -2.30. The Morgan fingerprint density at radius 3 is 1.94 bits per heavy atom. The summed E-state index contributed by atoms with van der Waals surface area (Å²) >= 11 is 0. The molecule has 2 N–H and O–H groups in total. The Labute approximate surface area is 208 Å². The van der Waals surface area contributed by atoms with Gasteiger partial charge in [-0.15, -0.1) is 0 Å². The molecule has 0 radical (unpaired) electrons. The van der Waals surface area contributed by atoms with E-state index < -0.39 is 5.97 Å². The highest BCUT2D eigenvalue weighted by Gasteiger charge is 2.37. The van der Waals surface area contributed by atoms with E-state index in [1.54, 1.807) is 18.2 Å². The van der Waals surface area contributed by atoms with Crippen molar-refractivity contribution in [1.82, 2.24) is 0 Å². The second-order valence-corrected chi connectivity index (χ2v) is 11.3. The summed E-state index contributed by atoms with van der Waals surface area (Å²) in [5, 5.41) is 18.8. The van der Waals surface area contributed by atoms with Gasteiger partial charge in [0.1, 0.15) is 5.75 Å². The van der Waals surface area contributed by atoms with Gasteiger partial charge in [0.2, 0.25) is 0 Å². The number of hydrogen-bond acceptors (Lipinski definition) is 2. The van der Waals surface area contributed by atoms with E-state index in [9.17, 15) is 9.90 Å². The minimum absolute atomic E-state index is 0.225. The molecule has 35 heavy (non-hydrogen) atoms. The molecule has 0 aromatic heterocycles. The summed E-state index contributed by atoms with van der Waals surface area (Å²) in [5.41, 5.74) is 8.45. The predicted molar refractivity (Wildman–Crippen MR) is 144 cm³/mol. The minimum atomic E-state index is -0.955. The van der Waals surface area contributed by atoms with Crippen molar-refractivity contribution < 1.29 is 15.0 Å². The molecule has 0 bridgehead atoms. The van der Waals surface area contributed by atoms with Gasteiger partial charge >= 0.3 is 5.97 Å². The number of aromatic hydroxyl groups is 1. The molecule has 0 heterocycles. The molecule has 3 aromatic carbocycles. The van der Waals surface area contributed by atoms with Crippen molar-refractivity contribution in [1.29, 1.82) is 0 Å². The van der Waals surface area contributed by atoms with E-state index in [1.165, 1.54) is 23.1 Å². The second kappa shape index (κ2) is 9.58. The second-order valence-electron chi connectivity index (χ2n) is 11.3. The van der Waals surface area contributed by atoms with Gasteiger partial charge in [-0.05, 0) is 87.8 Å². The van der Waals surface area contributed by atoms with Crippen LogP contribution >= 0.6 is 0 Å². The molecule has 3 heteroatoms. The standard InChI is InChI=1S/C32H34O3/c1-31(2)19-27(20-32(3,4)21-31)30(25-13-15-28(33)16-14-25)24-11-9-23(10-12-24)26-7-5-6-22(18-26)8-17-29(34)35/h5-18,33H,19-21H2,1-4H3,(H,34,35)/b17-8+. The van der Waals surface area contributed by atoms with E-state index in [2.05, 4.69) is 52.0 Å². The molecule has 0 saturated heterocycles. The third kappa shape index (κ3) is 6.10. The summed E-state index contributed by atoms with van der Waals surface area (Å²) in [6.07, 6.45) is 6.06. The van der Waals surface area contributed by atoms with Crippen molar-refractivity contribution in [2.75, 3.05) is 0 Å². The summed E-state index contributed by atoms with van der Waals surface area (Å²) in [7, 11) is 0. The third-order valence-corrected chi connectivity index (χ3v) is 6.66. The van der Waals surface area contributed by atoms with Gasteiger partial charge in [-0.25, -0.2) is 4.79 Å². The molecule has 1 saturated carbocycles. The van der Waals surface area contributed by atoms with Crippen molar-refractivity contribution in [3.8, 4) is 16.9 Å². The van der Waals surface area contributed by atoms with Gasteiger partial charge in [0.05, 0.1) is 0 Å². The van der Waals surface area contributed by atoms with Crippen molar-refractivity contribution in [2.45, 2.75) is 47.0 Å². The average molecular weight is 467 g/mol. The van der Waals surface area contributed by atoms with Crippen LogP contribution in [0.5, 0.6) is 5.75 Å². The molecular formula is C32H34O3. The number of carboxylic acids is 1. The van der Waals surface area contributed by atoms with E-state index >= 15 is 0 Å². The van der Waals surface area contributed by atoms with Crippen LogP contribution in [-0.4, -0.2) is 16.2 Å². The first kappa shape index (κ1) is 24.5. The Morgan fingerprint density at radius 2 is 1.37 bits per heavy atom. The lowest BCUT2D eigenvalue weighted by Gasteiger charge is -2.43. The zero-order chi connectivity index (χ0) is 25.2. The van der Waals surface area contributed by atoms with Gasteiger partial charge in [0.25, 0.3) is 0 Å². The van der Waals surface area contributed by atoms with E-state index in [0.717, 1.165) is 41.2 Å². The van der Waals surface area contributed by atoms with Crippen LogP contribution < -0.4 is 0 Å². The van der Waals surface area contributed by atoms with Crippen molar-refractivity contribution in [3.63, 3.8) is 0 Å². The Kier molecular flexibility index (Phi) is 6.71. The Morgan fingerprint density at radius 1 is 0.800 bits per heavy atom. The molecule has 3 nitrogen and oxygen atoms in total. The Balaban J connectivity index is 1.76. The number of phenolic OH excluding ortho intramolecular Hbond substituents is 1. The first-order valence-electron chi connectivity index (χ1n) is 12.1. The molecule has 1 aliphatic rings. The zero-order valence-electron chi connectivity index (χ0n) is 21.0. The third-order valence-electron chi connectivity index (χ3n) is 6.66. The molecule has 0 atom stereocenters. The highest BCUT2D eigenvalue weighted by atomic mass is 16.4. The summed E-state index contributed by atoms with van der Waals surface area (Å²) < 4.78 is 0. The van der Waals surface area contributed by atoms with Gasteiger partial charge in [-0.3, -0.25) is 0 Å². The minimum Gasteiger partial charge on any atom is -0.508 e. The van der Waals surface area contributed by atoms with Crippen LogP contribution in [0.15, 0.2) is 84.4 Å². The molecule has 0 unspecified atom stereocenters. The fourth-order valence-electron chi connectivity index (χ4n) is 5.84. The molecule has 180 valence electrons. The van der Waals surface area contributed by atoms with E-state index in [4.69, 9.17) is 5.11 Å². The summed E-state index contributed by atoms with van der Waals surface area (Å²) in [4.78, 5) is 10.9. The van der Waals surface area contributed by atoms with Crippen LogP contribution in [0.4, 0.5) is 0 Å². The highest BCUT2D eigenvalue weighted by Crippen LogP contribution is 2.51. The number of carboxylic acid groups (broad SMARTS) is 1. The fraction of sp³-hybridized carbons (Fsp3) is 0.281. The number of carbonyl (C=O) groups is 1. The van der Waals surface area contributed by atoms with E-state index in [-0.39, 0.29) is 16.6 Å². The number of phenols is 1. The first-order valence-corrected chi connectivity index (χ1v) is 12.1. The molecular weight excluding hydrogens is 432 g/mol. The Bertz CT molecular complexity index is 1260. The van der Waals surface area contributed by atoms with Gasteiger partial charge in [0, 0.05) is 6.08 Å². The summed E-state index contributed by atoms with van der Waals surface area (Å²) in [6, 6.07) is 24.1. The largest absolute Gasteiger partial charge is 0.508 e. The maximum absolute atomic E-state index is 10.9. The maximum Gasteiger partial charge on any atom is 0.328 e. The van der Waals surface area contributed by atoms with Crippen LogP contribution in [0.2, 0.25) is 0 Å². The van der Waals surface area contributed by atoms with Gasteiger partial charge in [0.15, 0.2) is 0 Å². The quantitative estimate of drug-likeness (QED) is 0.373. The van der Waals surface area contributed by atoms with Crippen molar-refractivity contribution >= 4 is 17.6 Å². The van der Waals surface area contributed by atoms with Crippen LogP contribution in [-0.2, 0) is 4.79 Å². The normalized spacial score (nSPS) is 16.9. The molecule has 0 amide bonds. The molecule has 4 rings (SSSR count). The molecule has 1 fully saturated rings. The van der Waals surface area contributed by atoms with Crippen molar-refractivity contribution in [2.24, 2.45) is 10.8 Å². The van der Waals surface area contributed by atoms with E-state index in [1.807, 2.05) is 36.4 Å². The SMILES string of the molecule is CC1(C)CC(=C(c2ccc(O)cc2)c2ccc(-c3cccc(/C=C/C(=O)O)c3)cc2)CC(C)(C)C1. The summed E-state index contributed by atoms with van der Waals surface area (Å²) in [5.74, 6) is -0.682. The van der Waals surface area contributed by atoms with Gasteiger partial charge in [-0.1, -0.05) is 87.9 Å². The van der Waals surface area contributed by atoms with Crippen LogP contribution in [0.1, 0.15) is 63.6 Å². The number of rotatable bonds is 5. The number of aliphatic carboxylic acids is 1. The summed E-state index contributed by atoms with van der Waals surface area (Å²) in [6.45, 7) is 9.43.